The fourth-order valence-corrected chi connectivity index (χ4v) is 3.33. The van der Waals surface area contributed by atoms with E-state index in [0.717, 1.165) is 5.56 Å². The molecule has 3 heterocycles. The van der Waals surface area contributed by atoms with Gasteiger partial charge >= 0.3 is 0 Å². The Balaban J connectivity index is 1.48. The van der Waals surface area contributed by atoms with Crippen molar-refractivity contribution in [2.45, 2.75) is 44.1 Å². The minimum absolute atomic E-state index is 0.0476. The van der Waals surface area contributed by atoms with Crippen molar-refractivity contribution < 1.29 is 24.2 Å². The first-order valence-corrected chi connectivity index (χ1v) is 9.64. The molecule has 0 bridgehead atoms. The molecule has 0 aliphatic carbocycles. The molecule has 1 aromatic heterocycles. The zero-order valence-electron chi connectivity index (χ0n) is 15.8. The van der Waals surface area contributed by atoms with Gasteiger partial charge in [0.2, 0.25) is 11.8 Å². The fraction of sp³-hybridized carbons (Fsp3) is 0.550. The predicted octanol–water partition coefficient (Wildman–Crippen LogP) is 0.315. The zero-order valence-corrected chi connectivity index (χ0v) is 15.8. The molecule has 2 amide bonds. The van der Waals surface area contributed by atoms with Gasteiger partial charge in [0.05, 0.1) is 25.2 Å². The van der Waals surface area contributed by atoms with Crippen LogP contribution in [0.4, 0.5) is 0 Å². The molecule has 8 heteroatoms. The molecule has 3 rings (SSSR count). The molecule has 2 aliphatic rings. The molecule has 0 saturated carbocycles. The summed E-state index contributed by atoms with van der Waals surface area (Å²) in [6, 6.07) is 3.27. The van der Waals surface area contributed by atoms with E-state index in [4.69, 9.17) is 9.47 Å². The quantitative estimate of drug-likeness (QED) is 0.579. The van der Waals surface area contributed by atoms with E-state index in [1.807, 2.05) is 18.2 Å². The standard InChI is InChI=1S/C20H27N3O5/c24-13-18-17(23-20(26)15-5-9-27-10-6-15)2-1-16(28-18)11-19(25)22-12-14-3-7-21-8-4-14/h1-4,7-8,15-18,24H,5-6,9-13H2,(H,22,25)(H,23,26)/t16-,17-,18-/m1/s1. The lowest BCUT2D eigenvalue weighted by molar-refractivity contribution is -0.132. The Morgan fingerprint density at radius 3 is 2.64 bits per heavy atom. The van der Waals surface area contributed by atoms with Gasteiger partial charge in [-0.15, -0.1) is 0 Å². The average molecular weight is 389 g/mol. The molecule has 0 unspecified atom stereocenters. The van der Waals surface area contributed by atoms with Crippen LogP contribution >= 0.6 is 0 Å². The topological polar surface area (TPSA) is 110 Å². The second kappa shape index (κ2) is 10.3. The third-order valence-corrected chi connectivity index (χ3v) is 4.99. The summed E-state index contributed by atoms with van der Waals surface area (Å²) in [4.78, 5) is 28.5. The van der Waals surface area contributed by atoms with Gasteiger partial charge in [0.1, 0.15) is 6.10 Å². The molecule has 1 fully saturated rings. The summed E-state index contributed by atoms with van der Waals surface area (Å²) in [5.41, 5.74) is 0.965. The lowest BCUT2D eigenvalue weighted by atomic mass is 9.97. The smallest absolute Gasteiger partial charge is 0.223 e. The van der Waals surface area contributed by atoms with Crippen LogP contribution in [0.25, 0.3) is 0 Å². The minimum atomic E-state index is -0.577. The number of ether oxygens (including phenoxy) is 2. The van der Waals surface area contributed by atoms with Crippen LogP contribution < -0.4 is 10.6 Å². The third kappa shape index (κ3) is 5.85. The number of pyridine rings is 1. The number of hydrogen-bond donors (Lipinski definition) is 3. The molecule has 2 aliphatic heterocycles. The summed E-state index contributed by atoms with van der Waals surface area (Å²) in [5, 5.41) is 15.4. The zero-order chi connectivity index (χ0) is 19.8. The Kier molecular flexibility index (Phi) is 7.53. The SMILES string of the molecule is O=C(C[C@H]1C=C[C@@H](NC(=O)C2CCOCC2)[C@@H](CO)O1)NCc1ccncc1. The lowest BCUT2D eigenvalue weighted by Gasteiger charge is -2.33. The maximum absolute atomic E-state index is 12.4. The van der Waals surface area contributed by atoms with Gasteiger partial charge in [0, 0.05) is 38.1 Å². The van der Waals surface area contributed by atoms with Crippen molar-refractivity contribution >= 4 is 11.8 Å². The molecule has 3 atom stereocenters. The van der Waals surface area contributed by atoms with Crippen LogP contribution in [0.3, 0.4) is 0 Å². The molecule has 1 saturated heterocycles. The van der Waals surface area contributed by atoms with Crippen molar-refractivity contribution in [3.63, 3.8) is 0 Å². The molecule has 8 nitrogen and oxygen atoms in total. The van der Waals surface area contributed by atoms with Crippen LogP contribution in [0.1, 0.15) is 24.8 Å². The number of aromatic nitrogens is 1. The van der Waals surface area contributed by atoms with Gasteiger partial charge < -0.3 is 25.2 Å². The summed E-state index contributed by atoms with van der Waals surface area (Å²) < 4.78 is 11.1. The molecular formula is C20H27N3O5. The van der Waals surface area contributed by atoms with Crippen LogP contribution in [0.2, 0.25) is 0 Å². The second-order valence-electron chi connectivity index (χ2n) is 7.04. The number of hydrogen-bond acceptors (Lipinski definition) is 6. The van der Waals surface area contributed by atoms with Crippen LogP contribution in [0, 0.1) is 5.92 Å². The van der Waals surface area contributed by atoms with E-state index in [2.05, 4.69) is 15.6 Å². The predicted molar refractivity (Wildman–Crippen MR) is 101 cm³/mol. The van der Waals surface area contributed by atoms with Gasteiger partial charge in [0.15, 0.2) is 0 Å². The van der Waals surface area contributed by atoms with Crippen molar-refractivity contribution in [1.29, 1.82) is 0 Å². The summed E-state index contributed by atoms with van der Waals surface area (Å²) in [6.45, 7) is 1.37. The maximum Gasteiger partial charge on any atom is 0.223 e. The largest absolute Gasteiger partial charge is 0.394 e. The van der Waals surface area contributed by atoms with Crippen molar-refractivity contribution in [2.75, 3.05) is 19.8 Å². The summed E-state index contributed by atoms with van der Waals surface area (Å²) in [5.74, 6) is -0.264. The molecule has 0 radical (unpaired) electrons. The van der Waals surface area contributed by atoms with E-state index < -0.39 is 18.2 Å². The highest BCUT2D eigenvalue weighted by Crippen LogP contribution is 2.19. The van der Waals surface area contributed by atoms with Gasteiger partial charge in [-0.3, -0.25) is 14.6 Å². The normalized spacial score (nSPS) is 25.2. The lowest BCUT2D eigenvalue weighted by Crippen LogP contribution is -2.50. The van der Waals surface area contributed by atoms with Gasteiger partial charge in [0.25, 0.3) is 0 Å². The number of aliphatic hydroxyl groups excluding tert-OH is 1. The highest BCUT2D eigenvalue weighted by molar-refractivity contribution is 5.79. The molecule has 3 N–H and O–H groups in total. The van der Waals surface area contributed by atoms with E-state index in [1.54, 1.807) is 18.5 Å². The fourth-order valence-electron chi connectivity index (χ4n) is 3.33. The number of nitrogens with zero attached hydrogens (tertiary/aromatic N) is 1. The van der Waals surface area contributed by atoms with E-state index in [1.165, 1.54) is 0 Å². The van der Waals surface area contributed by atoms with Gasteiger partial charge in [-0.25, -0.2) is 0 Å². The molecule has 1 aromatic rings. The highest BCUT2D eigenvalue weighted by atomic mass is 16.5. The Bertz CT molecular complexity index is 676. The molecule has 0 aromatic carbocycles. The van der Waals surface area contributed by atoms with Crippen molar-refractivity contribution in [2.24, 2.45) is 5.92 Å². The maximum atomic E-state index is 12.4. The van der Waals surface area contributed by atoms with E-state index in [-0.39, 0.29) is 30.8 Å². The molecular weight excluding hydrogens is 362 g/mol. The van der Waals surface area contributed by atoms with Crippen molar-refractivity contribution in [1.82, 2.24) is 15.6 Å². The number of aliphatic hydroxyl groups is 1. The van der Waals surface area contributed by atoms with Crippen LogP contribution in [0.5, 0.6) is 0 Å². The van der Waals surface area contributed by atoms with E-state index in [9.17, 15) is 14.7 Å². The minimum Gasteiger partial charge on any atom is -0.394 e. The van der Waals surface area contributed by atoms with Gasteiger partial charge in [-0.1, -0.05) is 12.2 Å². The van der Waals surface area contributed by atoms with Crippen LogP contribution in [-0.4, -0.2) is 60.0 Å². The Morgan fingerprint density at radius 2 is 1.93 bits per heavy atom. The molecule has 152 valence electrons. The first kappa shape index (κ1) is 20.4. The van der Waals surface area contributed by atoms with Crippen molar-refractivity contribution in [3.8, 4) is 0 Å². The number of amides is 2. The van der Waals surface area contributed by atoms with E-state index >= 15 is 0 Å². The summed E-state index contributed by atoms with van der Waals surface area (Å²) in [6.07, 6.45) is 7.47. The molecule has 28 heavy (non-hydrogen) atoms. The number of rotatable bonds is 7. The second-order valence-corrected chi connectivity index (χ2v) is 7.04. The monoisotopic (exact) mass is 389 g/mol. The average Bonchev–Trinajstić information content (AvgIpc) is 2.74. The van der Waals surface area contributed by atoms with E-state index in [0.29, 0.717) is 32.6 Å². The van der Waals surface area contributed by atoms with Crippen LogP contribution in [-0.2, 0) is 25.6 Å². The van der Waals surface area contributed by atoms with Crippen LogP contribution in [0.15, 0.2) is 36.7 Å². The Labute approximate surface area is 164 Å². The molecule has 0 spiro atoms. The summed E-state index contributed by atoms with van der Waals surface area (Å²) in [7, 11) is 0. The number of carbonyl (C=O) groups excluding carboxylic acids is 2. The number of carbonyl (C=O) groups is 2. The Hall–Kier alpha value is -2.29. The first-order chi connectivity index (χ1) is 13.7. The van der Waals surface area contributed by atoms with Crippen molar-refractivity contribution in [3.05, 3.63) is 42.2 Å². The first-order valence-electron chi connectivity index (χ1n) is 9.64. The third-order valence-electron chi connectivity index (χ3n) is 4.99. The summed E-state index contributed by atoms with van der Waals surface area (Å²) >= 11 is 0. The van der Waals surface area contributed by atoms with Gasteiger partial charge in [-0.05, 0) is 30.5 Å². The number of nitrogens with one attached hydrogen (secondary N) is 2. The highest BCUT2D eigenvalue weighted by Gasteiger charge is 2.31. The Morgan fingerprint density at radius 1 is 1.18 bits per heavy atom. The van der Waals surface area contributed by atoms with Gasteiger partial charge in [-0.2, -0.15) is 0 Å².